The van der Waals surface area contributed by atoms with Crippen molar-refractivity contribution in [3.63, 3.8) is 0 Å². The van der Waals surface area contributed by atoms with Gasteiger partial charge in [0.1, 0.15) is 0 Å². The van der Waals surface area contributed by atoms with E-state index in [1.54, 1.807) is 0 Å². The summed E-state index contributed by atoms with van der Waals surface area (Å²) in [5.74, 6) is 0. The maximum atomic E-state index is 4.59. The normalized spacial score (nSPS) is 18.7. The maximum absolute atomic E-state index is 4.59. The number of hydrogen-bond donors (Lipinski definition) is 2. The number of benzene rings is 1. The average Bonchev–Trinajstić information content (AvgIpc) is 2.99. The number of aromatic nitrogens is 2. The molecular weight excluding hydrogens is 246 g/mol. The minimum atomic E-state index is 0.398. The van der Waals surface area contributed by atoms with E-state index < -0.39 is 0 Å². The lowest BCUT2D eigenvalue weighted by Gasteiger charge is -2.15. The van der Waals surface area contributed by atoms with Crippen molar-refractivity contribution in [3.8, 4) is 11.1 Å². The number of hydrogen-bond acceptors (Lipinski definition) is 2. The molecule has 3 heteroatoms. The first-order valence-electron chi connectivity index (χ1n) is 7.44. The Hall–Kier alpha value is -1.61. The van der Waals surface area contributed by atoms with Crippen LogP contribution in [0.15, 0.2) is 12.1 Å². The molecule has 1 atom stereocenters. The van der Waals surface area contributed by atoms with Crippen LogP contribution in [0.4, 0.5) is 0 Å². The zero-order valence-electron chi connectivity index (χ0n) is 12.8. The SMILES string of the molecule is Cc1cc(C)c(-c2c(C3CCCN3)n[nH]c2C)c(C)c1. The van der Waals surface area contributed by atoms with Crippen LogP contribution in [0.3, 0.4) is 0 Å². The van der Waals surface area contributed by atoms with Crippen LogP contribution in [-0.2, 0) is 0 Å². The molecule has 3 nitrogen and oxygen atoms in total. The Morgan fingerprint density at radius 2 is 1.75 bits per heavy atom. The molecule has 0 radical (unpaired) electrons. The third-order valence-corrected chi connectivity index (χ3v) is 4.29. The summed E-state index contributed by atoms with van der Waals surface area (Å²) in [5, 5.41) is 11.3. The van der Waals surface area contributed by atoms with Gasteiger partial charge in [0.05, 0.1) is 11.7 Å². The Morgan fingerprint density at radius 1 is 1.05 bits per heavy atom. The fraction of sp³-hybridized carbons (Fsp3) is 0.471. The summed E-state index contributed by atoms with van der Waals surface area (Å²) in [4.78, 5) is 0. The third-order valence-electron chi connectivity index (χ3n) is 4.29. The monoisotopic (exact) mass is 269 g/mol. The average molecular weight is 269 g/mol. The first-order chi connectivity index (χ1) is 9.58. The largest absolute Gasteiger partial charge is 0.309 e. The van der Waals surface area contributed by atoms with E-state index in [0.717, 1.165) is 6.54 Å². The quantitative estimate of drug-likeness (QED) is 0.872. The lowest BCUT2D eigenvalue weighted by Crippen LogP contribution is -2.14. The van der Waals surface area contributed by atoms with E-state index in [-0.39, 0.29) is 0 Å². The maximum Gasteiger partial charge on any atom is 0.0872 e. The number of nitrogens with one attached hydrogen (secondary N) is 2. The van der Waals surface area contributed by atoms with Gasteiger partial charge in [0, 0.05) is 11.3 Å². The van der Waals surface area contributed by atoms with Crippen LogP contribution < -0.4 is 5.32 Å². The van der Waals surface area contributed by atoms with Gasteiger partial charge in [-0.2, -0.15) is 5.10 Å². The summed E-state index contributed by atoms with van der Waals surface area (Å²) < 4.78 is 0. The molecule has 1 aliphatic heterocycles. The number of aryl methyl sites for hydroxylation is 4. The van der Waals surface area contributed by atoms with Gasteiger partial charge in [0.15, 0.2) is 0 Å². The number of H-pyrrole nitrogens is 1. The highest BCUT2D eigenvalue weighted by molar-refractivity contribution is 5.75. The summed E-state index contributed by atoms with van der Waals surface area (Å²) in [7, 11) is 0. The molecule has 0 amide bonds. The molecule has 1 aliphatic rings. The molecule has 1 saturated heterocycles. The second-order valence-corrected chi connectivity index (χ2v) is 6.03. The minimum absolute atomic E-state index is 0.398. The summed E-state index contributed by atoms with van der Waals surface area (Å²) in [6, 6.07) is 4.93. The van der Waals surface area contributed by atoms with Crippen LogP contribution in [0.2, 0.25) is 0 Å². The number of nitrogens with zero attached hydrogens (tertiary/aromatic N) is 1. The molecule has 0 spiro atoms. The fourth-order valence-corrected chi connectivity index (χ4v) is 3.51. The van der Waals surface area contributed by atoms with E-state index in [4.69, 9.17) is 0 Å². The van der Waals surface area contributed by atoms with Crippen molar-refractivity contribution in [2.75, 3.05) is 6.54 Å². The highest BCUT2D eigenvalue weighted by Gasteiger charge is 2.25. The summed E-state index contributed by atoms with van der Waals surface area (Å²) in [6.45, 7) is 9.79. The second kappa shape index (κ2) is 5.06. The fourth-order valence-electron chi connectivity index (χ4n) is 3.51. The van der Waals surface area contributed by atoms with Crippen molar-refractivity contribution in [2.45, 2.75) is 46.6 Å². The van der Waals surface area contributed by atoms with E-state index in [1.807, 2.05) is 0 Å². The standard InChI is InChI=1S/C17H23N3/c1-10-8-11(2)15(12(3)9-10)16-13(4)19-20-17(16)14-6-5-7-18-14/h8-9,14,18H,5-7H2,1-4H3,(H,19,20). The van der Waals surface area contributed by atoms with E-state index in [2.05, 4.69) is 55.3 Å². The smallest absolute Gasteiger partial charge is 0.0872 e. The van der Waals surface area contributed by atoms with E-state index >= 15 is 0 Å². The second-order valence-electron chi connectivity index (χ2n) is 6.03. The molecule has 2 aromatic rings. The Morgan fingerprint density at radius 3 is 2.35 bits per heavy atom. The molecule has 106 valence electrons. The molecule has 20 heavy (non-hydrogen) atoms. The summed E-state index contributed by atoms with van der Waals surface area (Å²) >= 11 is 0. The zero-order valence-corrected chi connectivity index (χ0v) is 12.8. The van der Waals surface area contributed by atoms with Crippen LogP contribution in [0, 0.1) is 27.7 Å². The van der Waals surface area contributed by atoms with Crippen molar-refractivity contribution in [2.24, 2.45) is 0 Å². The van der Waals surface area contributed by atoms with Crippen molar-refractivity contribution in [1.82, 2.24) is 15.5 Å². The first kappa shape index (κ1) is 13.4. The van der Waals surface area contributed by atoms with Gasteiger partial charge in [-0.15, -0.1) is 0 Å². The molecule has 0 bridgehead atoms. The molecule has 3 rings (SSSR count). The Kier molecular flexibility index (Phi) is 3.38. The van der Waals surface area contributed by atoms with Crippen LogP contribution in [0.5, 0.6) is 0 Å². The molecule has 1 fully saturated rings. The van der Waals surface area contributed by atoms with Crippen molar-refractivity contribution in [1.29, 1.82) is 0 Å². The minimum Gasteiger partial charge on any atom is -0.309 e. The van der Waals surface area contributed by atoms with Gasteiger partial charge in [-0.1, -0.05) is 17.7 Å². The molecule has 1 unspecified atom stereocenters. The van der Waals surface area contributed by atoms with Gasteiger partial charge < -0.3 is 5.32 Å². The predicted molar refractivity (Wildman–Crippen MR) is 82.9 cm³/mol. The highest BCUT2D eigenvalue weighted by atomic mass is 15.1. The first-order valence-corrected chi connectivity index (χ1v) is 7.44. The van der Waals surface area contributed by atoms with E-state index in [9.17, 15) is 0 Å². The van der Waals surface area contributed by atoms with E-state index in [1.165, 1.54) is 52.0 Å². The lowest BCUT2D eigenvalue weighted by atomic mass is 9.90. The van der Waals surface area contributed by atoms with Crippen LogP contribution >= 0.6 is 0 Å². The van der Waals surface area contributed by atoms with E-state index in [0.29, 0.717) is 6.04 Å². The van der Waals surface area contributed by atoms with Crippen LogP contribution in [-0.4, -0.2) is 16.7 Å². The Balaban J connectivity index is 2.17. The van der Waals surface area contributed by atoms with Crippen LogP contribution in [0.1, 0.15) is 47.0 Å². The van der Waals surface area contributed by atoms with Crippen LogP contribution in [0.25, 0.3) is 11.1 Å². The van der Waals surface area contributed by atoms with Gasteiger partial charge in [0.2, 0.25) is 0 Å². The predicted octanol–water partition coefficient (Wildman–Crippen LogP) is 3.73. The Labute approximate surface area is 120 Å². The summed E-state index contributed by atoms with van der Waals surface area (Å²) in [5.41, 5.74) is 9.02. The number of rotatable bonds is 2. The lowest BCUT2D eigenvalue weighted by molar-refractivity contribution is 0.626. The molecular formula is C17H23N3. The molecule has 2 heterocycles. The molecule has 0 saturated carbocycles. The van der Waals surface area contributed by atoms with Gasteiger partial charge in [-0.3, -0.25) is 5.10 Å². The summed E-state index contributed by atoms with van der Waals surface area (Å²) in [6.07, 6.45) is 2.42. The van der Waals surface area contributed by atoms with Gasteiger partial charge in [-0.25, -0.2) is 0 Å². The van der Waals surface area contributed by atoms with Gasteiger partial charge in [-0.05, 0) is 63.8 Å². The number of aromatic amines is 1. The molecule has 1 aromatic carbocycles. The van der Waals surface area contributed by atoms with Crippen molar-refractivity contribution >= 4 is 0 Å². The zero-order chi connectivity index (χ0) is 14.3. The van der Waals surface area contributed by atoms with Gasteiger partial charge in [0.25, 0.3) is 0 Å². The Bertz CT molecular complexity index is 611. The van der Waals surface area contributed by atoms with Gasteiger partial charge >= 0.3 is 0 Å². The molecule has 1 aromatic heterocycles. The molecule has 0 aliphatic carbocycles. The van der Waals surface area contributed by atoms with Crippen molar-refractivity contribution < 1.29 is 0 Å². The third kappa shape index (κ3) is 2.16. The van der Waals surface area contributed by atoms with Crippen molar-refractivity contribution in [3.05, 3.63) is 40.2 Å². The topological polar surface area (TPSA) is 40.7 Å². The molecule has 2 N–H and O–H groups in total. The highest BCUT2D eigenvalue weighted by Crippen LogP contribution is 2.37.